The zero-order valence-electron chi connectivity index (χ0n) is 14.1. The first-order chi connectivity index (χ1) is 11.5. The summed E-state index contributed by atoms with van der Waals surface area (Å²) < 4.78 is 1.72. The van der Waals surface area contributed by atoms with Crippen molar-refractivity contribution in [3.63, 3.8) is 0 Å². The van der Waals surface area contributed by atoms with Gasteiger partial charge in [-0.05, 0) is 39.7 Å². The van der Waals surface area contributed by atoms with Crippen molar-refractivity contribution < 1.29 is 4.79 Å². The van der Waals surface area contributed by atoms with Gasteiger partial charge in [-0.2, -0.15) is 5.10 Å². The Kier molecular flexibility index (Phi) is 3.37. The lowest BCUT2D eigenvalue weighted by molar-refractivity contribution is 0.0724. The normalized spacial score (nSPS) is 17.8. The summed E-state index contributed by atoms with van der Waals surface area (Å²) in [5.41, 5.74) is 4.04. The molecule has 0 aromatic carbocycles. The van der Waals surface area contributed by atoms with Crippen LogP contribution in [0.4, 0.5) is 0 Å². The van der Waals surface area contributed by atoms with E-state index < -0.39 is 0 Å². The predicted molar refractivity (Wildman–Crippen MR) is 88.8 cm³/mol. The average Bonchev–Trinajstić information content (AvgIpc) is 3.23. The van der Waals surface area contributed by atoms with Crippen molar-refractivity contribution in [2.24, 2.45) is 0 Å². The Bertz CT molecular complexity index is 924. The lowest BCUT2D eigenvalue weighted by Gasteiger charge is -2.22. The molecule has 1 N–H and O–H groups in total. The van der Waals surface area contributed by atoms with Gasteiger partial charge in [0.2, 0.25) is 0 Å². The van der Waals surface area contributed by atoms with Gasteiger partial charge in [-0.3, -0.25) is 4.79 Å². The summed E-state index contributed by atoms with van der Waals surface area (Å²) in [6, 6.07) is 3.72. The summed E-state index contributed by atoms with van der Waals surface area (Å²) >= 11 is 0. The maximum Gasteiger partial charge on any atom is 0.275 e. The molecule has 0 aliphatic carbocycles. The summed E-state index contributed by atoms with van der Waals surface area (Å²) in [6.07, 6.45) is 3.69. The van der Waals surface area contributed by atoms with Gasteiger partial charge in [0, 0.05) is 35.9 Å². The van der Waals surface area contributed by atoms with E-state index in [2.05, 4.69) is 20.1 Å². The van der Waals surface area contributed by atoms with Crippen LogP contribution in [0.1, 0.15) is 52.3 Å². The van der Waals surface area contributed by atoms with Crippen molar-refractivity contribution in [1.29, 1.82) is 0 Å². The fourth-order valence-corrected chi connectivity index (χ4v) is 3.43. The Balaban J connectivity index is 1.69. The second-order valence-corrected chi connectivity index (χ2v) is 6.45. The van der Waals surface area contributed by atoms with Gasteiger partial charge in [0.1, 0.15) is 5.82 Å². The first kappa shape index (κ1) is 14.9. The third-order valence-electron chi connectivity index (χ3n) is 4.50. The van der Waals surface area contributed by atoms with Crippen LogP contribution < -0.4 is 0 Å². The zero-order chi connectivity index (χ0) is 16.8. The number of aromatic nitrogens is 5. The first-order valence-electron chi connectivity index (χ1n) is 8.19. The molecule has 3 aromatic heterocycles. The number of rotatable bonds is 2. The fraction of sp³-hybridized carbons (Fsp3) is 0.412. The first-order valence-corrected chi connectivity index (χ1v) is 8.19. The summed E-state index contributed by atoms with van der Waals surface area (Å²) in [4.78, 5) is 27.0. The third kappa shape index (κ3) is 2.36. The second-order valence-electron chi connectivity index (χ2n) is 6.45. The summed E-state index contributed by atoms with van der Waals surface area (Å²) in [5, 5.41) is 4.46. The number of likely N-dealkylation sites (tertiary alicyclic amines) is 1. The molecule has 7 heteroatoms. The van der Waals surface area contributed by atoms with Gasteiger partial charge < -0.3 is 9.88 Å². The molecule has 0 radical (unpaired) electrons. The Morgan fingerprint density at radius 1 is 1.29 bits per heavy atom. The maximum atomic E-state index is 13.0. The van der Waals surface area contributed by atoms with Crippen molar-refractivity contribution in [2.75, 3.05) is 6.54 Å². The molecule has 1 amide bonds. The summed E-state index contributed by atoms with van der Waals surface area (Å²) in [5.74, 6) is 0.793. The average molecular weight is 324 g/mol. The van der Waals surface area contributed by atoms with E-state index >= 15 is 0 Å². The molecule has 0 saturated carbocycles. The SMILES string of the molecule is Cc1cc(C)n2nc(C(=O)N3CCC[C@H]3c3ncc(C)[nH]3)cc2n1. The second kappa shape index (κ2) is 5.43. The van der Waals surface area contributed by atoms with Crippen molar-refractivity contribution in [2.45, 2.75) is 39.7 Å². The minimum Gasteiger partial charge on any atom is -0.344 e. The van der Waals surface area contributed by atoms with Gasteiger partial charge in [-0.1, -0.05) is 0 Å². The molecule has 1 atom stereocenters. The van der Waals surface area contributed by atoms with Crippen LogP contribution in [0, 0.1) is 20.8 Å². The highest BCUT2D eigenvalue weighted by atomic mass is 16.2. The molecule has 24 heavy (non-hydrogen) atoms. The number of nitrogens with one attached hydrogen (secondary N) is 1. The standard InChI is InChI=1S/C17H20N6O/c1-10-7-12(3)23-15(19-10)8-13(21-23)17(24)22-6-4-5-14(22)16-18-9-11(2)20-16/h7-9,14H,4-6H2,1-3H3,(H,18,20)/t14-/m0/s1. The van der Waals surface area contributed by atoms with Crippen molar-refractivity contribution >= 4 is 11.6 Å². The van der Waals surface area contributed by atoms with Crippen LogP contribution >= 0.6 is 0 Å². The van der Waals surface area contributed by atoms with Gasteiger partial charge in [0.15, 0.2) is 11.3 Å². The Morgan fingerprint density at radius 2 is 2.12 bits per heavy atom. The lowest BCUT2D eigenvalue weighted by Crippen LogP contribution is -2.31. The van der Waals surface area contributed by atoms with Gasteiger partial charge >= 0.3 is 0 Å². The number of H-pyrrole nitrogens is 1. The van der Waals surface area contributed by atoms with E-state index in [1.54, 1.807) is 16.8 Å². The molecule has 1 aliphatic heterocycles. The van der Waals surface area contributed by atoms with E-state index in [4.69, 9.17) is 0 Å². The molecule has 4 heterocycles. The number of aromatic amines is 1. The minimum absolute atomic E-state index is 0.00759. The Hall–Kier alpha value is -2.70. The van der Waals surface area contributed by atoms with Crippen LogP contribution in [-0.2, 0) is 0 Å². The highest BCUT2D eigenvalue weighted by Gasteiger charge is 2.33. The molecule has 3 aromatic rings. The van der Waals surface area contributed by atoms with Gasteiger partial charge in [-0.25, -0.2) is 14.5 Å². The molecule has 4 rings (SSSR count). The van der Waals surface area contributed by atoms with Crippen molar-refractivity contribution in [3.8, 4) is 0 Å². The quantitative estimate of drug-likeness (QED) is 0.785. The van der Waals surface area contributed by atoms with E-state index in [0.29, 0.717) is 11.3 Å². The van der Waals surface area contributed by atoms with Crippen LogP contribution in [-0.4, -0.2) is 41.9 Å². The number of aryl methyl sites for hydroxylation is 3. The fourth-order valence-electron chi connectivity index (χ4n) is 3.43. The molecule has 0 spiro atoms. The van der Waals surface area contributed by atoms with Crippen LogP contribution in [0.2, 0.25) is 0 Å². The molecule has 1 saturated heterocycles. The molecule has 7 nitrogen and oxygen atoms in total. The third-order valence-corrected chi connectivity index (χ3v) is 4.50. The smallest absolute Gasteiger partial charge is 0.275 e. The van der Waals surface area contributed by atoms with E-state index in [0.717, 1.165) is 42.3 Å². The summed E-state index contributed by atoms with van der Waals surface area (Å²) in [7, 11) is 0. The zero-order valence-corrected chi connectivity index (χ0v) is 14.1. The van der Waals surface area contributed by atoms with E-state index in [1.165, 1.54) is 0 Å². The largest absolute Gasteiger partial charge is 0.344 e. The van der Waals surface area contributed by atoms with Crippen molar-refractivity contribution in [3.05, 3.63) is 46.9 Å². The molecular formula is C17H20N6O. The maximum absolute atomic E-state index is 13.0. The number of imidazole rings is 1. The van der Waals surface area contributed by atoms with E-state index in [1.807, 2.05) is 31.7 Å². The Morgan fingerprint density at radius 3 is 2.88 bits per heavy atom. The van der Waals surface area contributed by atoms with Gasteiger partial charge in [0.25, 0.3) is 5.91 Å². The minimum atomic E-state index is -0.0610. The summed E-state index contributed by atoms with van der Waals surface area (Å²) in [6.45, 7) is 6.60. The highest BCUT2D eigenvalue weighted by molar-refractivity contribution is 5.93. The molecule has 0 unspecified atom stereocenters. The number of hydrogen-bond acceptors (Lipinski definition) is 4. The molecule has 0 bridgehead atoms. The number of carbonyl (C=O) groups excluding carboxylic acids is 1. The van der Waals surface area contributed by atoms with Crippen LogP contribution in [0.5, 0.6) is 0 Å². The molecule has 1 aliphatic rings. The van der Waals surface area contributed by atoms with Crippen LogP contribution in [0.3, 0.4) is 0 Å². The van der Waals surface area contributed by atoms with Crippen LogP contribution in [0.25, 0.3) is 5.65 Å². The van der Waals surface area contributed by atoms with Crippen molar-refractivity contribution in [1.82, 2.24) is 29.5 Å². The lowest BCUT2D eigenvalue weighted by atomic mass is 10.2. The topological polar surface area (TPSA) is 79.2 Å². The van der Waals surface area contributed by atoms with Gasteiger partial charge in [-0.15, -0.1) is 0 Å². The molecule has 124 valence electrons. The monoisotopic (exact) mass is 324 g/mol. The number of hydrogen-bond donors (Lipinski definition) is 1. The molecule has 1 fully saturated rings. The Labute approximate surface area is 139 Å². The number of amides is 1. The van der Waals surface area contributed by atoms with E-state index in [-0.39, 0.29) is 11.9 Å². The number of nitrogens with zero attached hydrogens (tertiary/aromatic N) is 5. The van der Waals surface area contributed by atoms with Crippen LogP contribution in [0.15, 0.2) is 18.3 Å². The number of carbonyl (C=O) groups is 1. The van der Waals surface area contributed by atoms with E-state index in [9.17, 15) is 4.79 Å². The molecular weight excluding hydrogens is 304 g/mol. The highest BCUT2D eigenvalue weighted by Crippen LogP contribution is 2.31. The number of fused-ring (bicyclic) bond motifs is 1. The van der Waals surface area contributed by atoms with Gasteiger partial charge in [0.05, 0.1) is 6.04 Å². The predicted octanol–water partition coefficient (Wildman–Crippen LogP) is 2.35.